The first-order valence-corrected chi connectivity index (χ1v) is 9.16. The number of hydrogen-bond acceptors (Lipinski definition) is 4. The first-order chi connectivity index (χ1) is 12.2. The van der Waals surface area contributed by atoms with Crippen LogP contribution in [0.2, 0.25) is 0 Å². The van der Waals surface area contributed by atoms with Crippen LogP contribution in [0.4, 0.5) is 8.78 Å². The summed E-state index contributed by atoms with van der Waals surface area (Å²) >= 11 is 0. The van der Waals surface area contributed by atoms with Crippen LogP contribution < -0.4 is 5.32 Å². The average Bonchev–Trinajstić information content (AvgIpc) is 3.25. The van der Waals surface area contributed by atoms with Gasteiger partial charge in [0.15, 0.2) is 5.82 Å². The van der Waals surface area contributed by atoms with Crippen molar-refractivity contribution in [3.8, 4) is 0 Å². The van der Waals surface area contributed by atoms with Crippen molar-refractivity contribution in [1.29, 1.82) is 0 Å². The highest BCUT2D eigenvalue weighted by atomic mass is 19.1. The summed E-state index contributed by atoms with van der Waals surface area (Å²) in [5.41, 5.74) is 0.0574. The van der Waals surface area contributed by atoms with E-state index in [0.717, 1.165) is 64.1 Å². The zero-order valence-electron chi connectivity index (χ0n) is 14.2. The number of aromatic nitrogens is 2. The van der Waals surface area contributed by atoms with Gasteiger partial charge in [0.25, 0.3) is 0 Å². The molecule has 1 aliphatic carbocycles. The highest BCUT2D eigenvalue weighted by Crippen LogP contribution is 2.46. The Morgan fingerprint density at radius 2 is 1.76 bits per heavy atom. The number of hydrogen-bond donors (Lipinski definition) is 1. The van der Waals surface area contributed by atoms with Gasteiger partial charge in [-0.15, -0.1) is 0 Å². The van der Waals surface area contributed by atoms with E-state index in [1.807, 2.05) is 0 Å². The molecule has 0 atom stereocenters. The van der Waals surface area contributed by atoms with Gasteiger partial charge in [-0.25, -0.2) is 8.78 Å². The summed E-state index contributed by atoms with van der Waals surface area (Å²) < 4.78 is 33.1. The number of rotatable bonds is 4. The highest BCUT2D eigenvalue weighted by Gasteiger charge is 2.43. The van der Waals surface area contributed by atoms with Crippen LogP contribution in [0.1, 0.15) is 55.8 Å². The molecular weight excluding hydrogens is 324 g/mol. The van der Waals surface area contributed by atoms with E-state index in [0.29, 0.717) is 23.2 Å². The summed E-state index contributed by atoms with van der Waals surface area (Å²) in [5, 5.41) is 7.53. The fourth-order valence-electron chi connectivity index (χ4n) is 4.31. The summed E-state index contributed by atoms with van der Waals surface area (Å²) in [4.78, 5) is 4.65. The summed E-state index contributed by atoms with van der Waals surface area (Å²) in [7, 11) is 0. The molecule has 1 aromatic carbocycles. The van der Waals surface area contributed by atoms with Gasteiger partial charge < -0.3 is 9.84 Å². The Balaban J connectivity index is 1.63. The maximum Gasteiger partial charge on any atom is 0.237 e. The van der Waals surface area contributed by atoms with Crippen LogP contribution in [-0.2, 0) is 11.8 Å². The molecule has 25 heavy (non-hydrogen) atoms. The van der Waals surface area contributed by atoms with Crippen molar-refractivity contribution in [1.82, 2.24) is 15.5 Å². The van der Waals surface area contributed by atoms with Crippen molar-refractivity contribution >= 4 is 0 Å². The van der Waals surface area contributed by atoms with Crippen LogP contribution in [-0.4, -0.2) is 23.2 Å². The second-order valence-electron chi connectivity index (χ2n) is 7.36. The predicted molar refractivity (Wildman–Crippen MR) is 89.2 cm³/mol. The van der Waals surface area contributed by atoms with Gasteiger partial charge in [-0.05, 0) is 62.4 Å². The lowest BCUT2D eigenvalue weighted by Crippen LogP contribution is -2.29. The van der Waals surface area contributed by atoms with Crippen LogP contribution in [0.3, 0.4) is 0 Å². The fourth-order valence-corrected chi connectivity index (χ4v) is 4.31. The quantitative estimate of drug-likeness (QED) is 0.915. The van der Waals surface area contributed by atoms with Crippen molar-refractivity contribution in [2.75, 3.05) is 13.1 Å². The molecule has 0 radical (unpaired) electrons. The zero-order valence-corrected chi connectivity index (χ0v) is 14.2. The van der Waals surface area contributed by atoms with Crippen LogP contribution in [0.25, 0.3) is 0 Å². The van der Waals surface area contributed by atoms with E-state index >= 15 is 0 Å². The second-order valence-corrected chi connectivity index (χ2v) is 7.36. The van der Waals surface area contributed by atoms with E-state index in [1.54, 1.807) is 0 Å². The van der Waals surface area contributed by atoms with Gasteiger partial charge in [-0.3, -0.25) is 0 Å². The molecule has 134 valence electrons. The minimum Gasteiger partial charge on any atom is -0.338 e. The number of nitrogens with zero attached hydrogens (tertiary/aromatic N) is 2. The van der Waals surface area contributed by atoms with Gasteiger partial charge in [0, 0.05) is 12.5 Å². The third-order valence-electron chi connectivity index (χ3n) is 5.68. The monoisotopic (exact) mass is 347 g/mol. The molecule has 1 N–H and O–H groups in total. The van der Waals surface area contributed by atoms with Gasteiger partial charge in [-0.2, -0.15) is 4.98 Å². The number of nitrogens with one attached hydrogen (secondary N) is 1. The van der Waals surface area contributed by atoms with Crippen LogP contribution in [0.15, 0.2) is 22.7 Å². The van der Waals surface area contributed by atoms with Crippen molar-refractivity contribution in [3.05, 3.63) is 47.1 Å². The molecule has 2 aliphatic rings. The molecule has 1 saturated carbocycles. The molecule has 1 saturated heterocycles. The summed E-state index contributed by atoms with van der Waals surface area (Å²) in [6.07, 6.45) is 6.58. The van der Waals surface area contributed by atoms with Crippen LogP contribution in [0, 0.1) is 17.6 Å². The van der Waals surface area contributed by atoms with Crippen LogP contribution in [0.5, 0.6) is 0 Å². The van der Waals surface area contributed by atoms with Gasteiger partial charge in [0.2, 0.25) is 5.89 Å². The molecule has 4 nitrogen and oxygen atoms in total. The van der Waals surface area contributed by atoms with E-state index in [9.17, 15) is 8.78 Å². The Morgan fingerprint density at radius 3 is 2.44 bits per heavy atom. The van der Waals surface area contributed by atoms with E-state index in [1.165, 1.54) is 12.1 Å². The Morgan fingerprint density at radius 1 is 1.08 bits per heavy atom. The van der Waals surface area contributed by atoms with Crippen molar-refractivity contribution in [2.45, 2.75) is 50.4 Å². The number of piperidine rings is 1. The fraction of sp³-hybridized carbons (Fsp3) is 0.579. The predicted octanol–water partition coefficient (Wildman–Crippen LogP) is 3.75. The summed E-state index contributed by atoms with van der Waals surface area (Å²) in [6.45, 7) is 2.06. The minimum atomic E-state index is -0.560. The van der Waals surface area contributed by atoms with E-state index < -0.39 is 17.0 Å². The van der Waals surface area contributed by atoms with E-state index in [4.69, 9.17) is 4.52 Å². The smallest absolute Gasteiger partial charge is 0.237 e. The van der Waals surface area contributed by atoms with Crippen LogP contribution >= 0.6 is 0 Å². The molecule has 0 unspecified atom stereocenters. The first kappa shape index (κ1) is 16.6. The third kappa shape index (κ3) is 3.32. The molecule has 2 aromatic rings. The Bertz CT molecular complexity index is 714. The second kappa shape index (κ2) is 6.83. The normalized spacial score (nSPS) is 20.9. The average molecular weight is 347 g/mol. The van der Waals surface area contributed by atoms with Crippen molar-refractivity contribution < 1.29 is 13.3 Å². The summed E-state index contributed by atoms with van der Waals surface area (Å²) in [6, 6.07) is 3.72. The molecule has 0 bridgehead atoms. The number of benzene rings is 1. The lowest BCUT2D eigenvalue weighted by atomic mass is 9.78. The lowest BCUT2D eigenvalue weighted by molar-refractivity contribution is 0.304. The first-order valence-electron chi connectivity index (χ1n) is 9.16. The molecule has 6 heteroatoms. The molecule has 2 fully saturated rings. The van der Waals surface area contributed by atoms with Gasteiger partial charge in [0.1, 0.15) is 11.6 Å². The number of halogens is 2. The lowest BCUT2D eigenvalue weighted by Gasteiger charge is -2.25. The van der Waals surface area contributed by atoms with Crippen molar-refractivity contribution in [2.24, 2.45) is 5.92 Å². The Kier molecular flexibility index (Phi) is 4.54. The maximum atomic E-state index is 13.8. The maximum absolute atomic E-state index is 13.8. The SMILES string of the molecule is Fc1cc(F)cc(C2(c3nc(CC4CCNCC4)no3)CCCC2)c1. The molecule has 4 rings (SSSR count). The standard InChI is InChI=1S/C19H23F2N3O/c20-15-10-14(11-16(21)12-15)19(5-1-2-6-19)18-23-17(24-25-18)9-13-3-7-22-8-4-13/h10-13,22H,1-9H2. The van der Waals surface area contributed by atoms with Gasteiger partial charge in [0.05, 0.1) is 5.41 Å². The molecule has 0 spiro atoms. The molecule has 1 aliphatic heterocycles. The Hall–Kier alpha value is -1.82. The third-order valence-corrected chi connectivity index (χ3v) is 5.68. The van der Waals surface area contributed by atoms with Gasteiger partial charge in [-0.1, -0.05) is 18.0 Å². The highest BCUT2D eigenvalue weighted by molar-refractivity contribution is 5.34. The van der Waals surface area contributed by atoms with Gasteiger partial charge >= 0.3 is 0 Å². The molecule has 1 aromatic heterocycles. The van der Waals surface area contributed by atoms with Crippen molar-refractivity contribution in [3.63, 3.8) is 0 Å². The molecule has 0 amide bonds. The minimum absolute atomic E-state index is 0.513. The largest absolute Gasteiger partial charge is 0.338 e. The Labute approximate surface area is 146 Å². The molecular formula is C19H23F2N3O. The van der Waals surface area contributed by atoms with E-state index in [2.05, 4.69) is 15.5 Å². The molecule has 2 heterocycles. The topological polar surface area (TPSA) is 51.0 Å². The zero-order chi connectivity index (χ0) is 17.3. The van der Waals surface area contributed by atoms with E-state index in [-0.39, 0.29) is 0 Å². The summed E-state index contributed by atoms with van der Waals surface area (Å²) in [5.74, 6) is 0.674.